The fourth-order valence-corrected chi connectivity index (χ4v) is 2.08. The van der Waals surface area contributed by atoms with E-state index in [9.17, 15) is 15.0 Å². The third kappa shape index (κ3) is 2.50. The molecule has 0 bridgehead atoms. The Hall–Kier alpha value is -2.17. The predicted molar refractivity (Wildman–Crippen MR) is 70.9 cm³/mol. The number of fused-ring (bicyclic) bond motifs is 1. The van der Waals surface area contributed by atoms with Gasteiger partial charge in [-0.25, -0.2) is 4.79 Å². The fourth-order valence-electron chi connectivity index (χ4n) is 2.08. The molecule has 19 heavy (non-hydrogen) atoms. The van der Waals surface area contributed by atoms with E-state index in [0.29, 0.717) is 17.6 Å². The van der Waals surface area contributed by atoms with Crippen LogP contribution in [-0.4, -0.2) is 27.4 Å². The van der Waals surface area contributed by atoms with Crippen molar-refractivity contribution in [1.29, 1.82) is 0 Å². The monoisotopic (exact) mass is 263 g/mol. The number of hydrogen-bond donors (Lipinski definition) is 2. The van der Waals surface area contributed by atoms with Gasteiger partial charge in [0, 0.05) is 16.7 Å². The van der Waals surface area contributed by atoms with Crippen LogP contribution in [-0.2, 0) is 22.5 Å². The third-order valence-corrected chi connectivity index (χ3v) is 3.09. The van der Waals surface area contributed by atoms with Crippen molar-refractivity contribution in [1.82, 2.24) is 4.57 Å². The summed E-state index contributed by atoms with van der Waals surface area (Å²) in [5.74, 6) is -0.422. The average molecular weight is 263 g/mol. The molecule has 2 rings (SSSR count). The number of carbonyl (C=O) groups excluding carboxylic acids is 1. The van der Waals surface area contributed by atoms with Crippen LogP contribution < -0.4 is 0 Å². The summed E-state index contributed by atoms with van der Waals surface area (Å²) < 4.78 is 6.30. The molecular weight excluding hydrogens is 246 g/mol. The van der Waals surface area contributed by atoms with Crippen LogP contribution in [0.25, 0.3) is 6.08 Å². The van der Waals surface area contributed by atoms with Crippen LogP contribution in [0.5, 0.6) is 11.8 Å². The van der Waals surface area contributed by atoms with Crippen LogP contribution in [0.1, 0.15) is 24.5 Å². The Bertz CT molecular complexity index is 554. The highest BCUT2D eigenvalue weighted by Crippen LogP contribution is 2.37. The summed E-state index contributed by atoms with van der Waals surface area (Å²) >= 11 is 0. The SMILES string of the molecule is C=C(C)C(=O)OCCn1c(O)c2c(c1O)CCC=C2. The van der Waals surface area contributed by atoms with E-state index in [0.717, 1.165) is 12.0 Å². The maximum Gasteiger partial charge on any atom is 0.333 e. The van der Waals surface area contributed by atoms with Crippen LogP contribution in [0.3, 0.4) is 0 Å². The van der Waals surface area contributed by atoms with E-state index < -0.39 is 5.97 Å². The van der Waals surface area contributed by atoms with Gasteiger partial charge in [-0.3, -0.25) is 4.57 Å². The summed E-state index contributed by atoms with van der Waals surface area (Å²) in [5, 5.41) is 20.1. The largest absolute Gasteiger partial charge is 0.494 e. The van der Waals surface area contributed by atoms with E-state index in [1.165, 1.54) is 4.57 Å². The minimum absolute atomic E-state index is 0.00910. The van der Waals surface area contributed by atoms with Gasteiger partial charge in [0.1, 0.15) is 6.61 Å². The lowest BCUT2D eigenvalue weighted by atomic mass is 10.0. The van der Waals surface area contributed by atoms with Crippen molar-refractivity contribution in [3.8, 4) is 11.8 Å². The Balaban J connectivity index is 2.09. The molecule has 0 saturated carbocycles. The van der Waals surface area contributed by atoms with Crippen LogP contribution in [0.4, 0.5) is 0 Å². The molecule has 1 aliphatic rings. The molecule has 0 fully saturated rings. The van der Waals surface area contributed by atoms with Gasteiger partial charge in [0.25, 0.3) is 0 Å². The van der Waals surface area contributed by atoms with E-state index in [1.54, 1.807) is 13.0 Å². The molecule has 1 aromatic rings. The Labute approximate surface area is 111 Å². The van der Waals surface area contributed by atoms with Crippen molar-refractivity contribution in [2.45, 2.75) is 26.3 Å². The van der Waals surface area contributed by atoms with Gasteiger partial charge in [-0.15, -0.1) is 0 Å². The lowest BCUT2D eigenvalue weighted by Crippen LogP contribution is -2.11. The van der Waals surface area contributed by atoms with Gasteiger partial charge in [0.15, 0.2) is 5.88 Å². The molecule has 0 unspecified atom stereocenters. The van der Waals surface area contributed by atoms with Crippen LogP contribution in [0.15, 0.2) is 18.2 Å². The standard InChI is InChI=1S/C14H17NO4/c1-9(2)14(18)19-8-7-15-12(16)10-5-3-4-6-11(10)13(15)17/h3,5,16-17H,1,4,6-8H2,2H3. The smallest absolute Gasteiger partial charge is 0.333 e. The Morgan fingerprint density at radius 1 is 1.47 bits per heavy atom. The Morgan fingerprint density at radius 3 is 2.84 bits per heavy atom. The van der Waals surface area contributed by atoms with Crippen molar-refractivity contribution < 1.29 is 19.7 Å². The highest BCUT2D eigenvalue weighted by Gasteiger charge is 2.21. The first-order valence-electron chi connectivity index (χ1n) is 6.14. The van der Waals surface area contributed by atoms with Crippen LogP contribution in [0.2, 0.25) is 0 Å². The minimum Gasteiger partial charge on any atom is -0.494 e. The van der Waals surface area contributed by atoms with Crippen molar-refractivity contribution in [2.24, 2.45) is 0 Å². The number of hydrogen-bond acceptors (Lipinski definition) is 4. The average Bonchev–Trinajstić information content (AvgIpc) is 2.64. The molecule has 0 aromatic carbocycles. The van der Waals surface area contributed by atoms with Crippen LogP contribution in [0, 0.1) is 0 Å². The number of rotatable bonds is 4. The van der Waals surface area contributed by atoms with Crippen LogP contribution >= 0.6 is 0 Å². The van der Waals surface area contributed by atoms with Gasteiger partial charge >= 0.3 is 5.97 Å². The molecule has 5 nitrogen and oxygen atoms in total. The zero-order valence-corrected chi connectivity index (χ0v) is 10.8. The lowest BCUT2D eigenvalue weighted by Gasteiger charge is -2.08. The van der Waals surface area contributed by atoms with Gasteiger partial charge in [-0.1, -0.05) is 18.7 Å². The molecule has 0 amide bonds. The van der Waals surface area contributed by atoms with Gasteiger partial charge in [-0.05, 0) is 19.8 Å². The molecule has 1 aromatic heterocycles. The summed E-state index contributed by atoms with van der Waals surface area (Å²) in [6, 6.07) is 0. The van der Waals surface area contributed by atoms with E-state index in [1.807, 2.05) is 6.08 Å². The zero-order chi connectivity index (χ0) is 14.0. The molecule has 5 heteroatoms. The fraction of sp³-hybridized carbons (Fsp3) is 0.357. The maximum absolute atomic E-state index is 11.2. The number of allylic oxidation sites excluding steroid dienone is 1. The van der Waals surface area contributed by atoms with Gasteiger partial charge in [0.2, 0.25) is 5.88 Å². The molecule has 1 heterocycles. The second-order valence-corrected chi connectivity index (χ2v) is 4.55. The Morgan fingerprint density at radius 2 is 2.21 bits per heavy atom. The van der Waals surface area contributed by atoms with Crippen molar-refractivity contribution in [2.75, 3.05) is 6.61 Å². The Kier molecular flexibility index (Phi) is 3.64. The highest BCUT2D eigenvalue weighted by atomic mass is 16.5. The van der Waals surface area contributed by atoms with Crippen molar-refractivity contribution in [3.63, 3.8) is 0 Å². The second kappa shape index (κ2) is 5.22. The number of nitrogens with zero attached hydrogens (tertiary/aromatic N) is 1. The minimum atomic E-state index is -0.476. The first-order valence-corrected chi connectivity index (χ1v) is 6.14. The first-order chi connectivity index (χ1) is 9.02. The molecule has 0 saturated heterocycles. The van der Waals surface area contributed by atoms with Crippen molar-refractivity contribution in [3.05, 3.63) is 29.4 Å². The second-order valence-electron chi connectivity index (χ2n) is 4.55. The molecule has 0 spiro atoms. The topological polar surface area (TPSA) is 71.7 Å². The quantitative estimate of drug-likeness (QED) is 0.643. The van der Waals surface area contributed by atoms with Crippen molar-refractivity contribution >= 4 is 12.0 Å². The molecule has 0 aliphatic heterocycles. The van der Waals surface area contributed by atoms with Gasteiger partial charge in [-0.2, -0.15) is 0 Å². The van der Waals surface area contributed by atoms with Gasteiger partial charge < -0.3 is 14.9 Å². The normalized spacial score (nSPS) is 13.1. The number of aromatic hydroxyl groups is 2. The molecular formula is C14H17NO4. The molecule has 0 radical (unpaired) electrons. The van der Waals surface area contributed by atoms with E-state index in [-0.39, 0.29) is 24.9 Å². The summed E-state index contributed by atoms with van der Waals surface area (Å²) in [6.07, 6.45) is 5.29. The highest BCUT2D eigenvalue weighted by molar-refractivity contribution is 5.86. The molecule has 1 aliphatic carbocycles. The lowest BCUT2D eigenvalue weighted by molar-refractivity contribution is -0.139. The number of aromatic nitrogens is 1. The maximum atomic E-state index is 11.2. The summed E-state index contributed by atoms with van der Waals surface area (Å²) in [5.41, 5.74) is 1.71. The number of esters is 1. The first kappa shape index (κ1) is 13.3. The third-order valence-electron chi connectivity index (χ3n) is 3.09. The van der Waals surface area contributed by atoms with Gasteiger partial charge in [0.05, 0.1) is 6.54 Å². The summed E-state index contributed by atoms with van der Waals surface area (Å²) in [6.45, 7) is 5.32. The van der Waals surface area contributed by atoms with E-state index >= 15 is 0 Å². The summed E-state index contributed by atoms with van der Waals surface area (Å²) in [7, 11) is 0. The number of carbonyl (C=O) groups is 1. The van der Waals surface area contributed by atoms with E-state index in [4.69, 9.17) is 4.74 Å². The molecule has 0 atom stereocenters. The molecule has 2 N–H and O–H groups in total. The zero-order valence-electron chi connectivity index (χ0n) is 10.8. The number of ether oxygens (including phenoxy) is 1. The predicted octanol–water partition coefficient (Wildman–Crippen LogP) is 1.98. The van der Waals surface area contributed by atoms with E-state index in [2.05, 4.69) is 6.58 Å². The summed E-state index contributed by atoms with van der Waals surface area (Å²) in [4.78, 5) is 11.2. The molecule has 102 valence electrons.